The van der Waals surface area contributed by atoms with E-state index in [1.807, 2.05) is 4.57 Å². The van der Waals surface area contributed by atoms with E-state index in [1.54, 1.807) is 12.5 Å². The second kappa shape index (κ2) is 3.86. The fourth-order valence-corrected chi connectivity index (χ4v) is 1.67. The molecule has 0 aromatic carbocycles. The predicted octanol–water partition coefficient (Wildman–Crippen LogP) is 2.64. The molecule has 0 aliphatic heterocycles. The molecular weight excluding hydrogens is 224 g/mol. The van der Waals surface area contributed by atoms with Crippen molar-refractivity contribution in [2.45, 2.75) is 27.3 Å². The Morgan fingerprint density at radius 2 is 2.25 bits per heavy atom. The number of nitrogens with zero attached hydrogens (tertiary/aromatic N) is 3. The quantitative estimate of drug-likeness (QED) is 0.817. The number of hydrogen-bond acceptors (Lipinski definition) is 4. The second-order valence-electron chi connectivity index (χ2n) is 4.91. The number of rotatable bonds is 2. The van der Waals surface area contributed by atoms with Crippen molar-refractivity contribution in [2.75, 3.05) is 0 Å². The first-order valence-corrected chi connectivity index (χ1v) is 5.43. The maximum atomic E-state index is 5.21. The van der Waals surface area contributed by atoms with Gasteiger partial charge < -0.3 is 4.52 Å². The van der Waals surface area contributed by atoms with Gasteiger partial charge in [-0.05, 0) is 17.6 Å². The number of aromatic nitrogens is 4. The minimum absolute atomic E-state index is 0.133. The largest absolute Gasteiger partial charge is 0.364 e. The van der Waals surface area contributed by atoms with E-state index in [1.165, 1.54) is 0 Å². The summed E-state index contributed by atoms with van der Waals surface area (Å²) in [4.78, 5) is 0. The van der Waals surface area contributed by atoms with Crippen molar-refractivity contribution < 1.29 is 4.52 Å². The summed E-state index contributed by atoms with van der Waals surface area (Å²) < 4.78 is 7.39. The van der Waals surface area contributed by atoms with Gasteiger partial charge in [-0.3, -0.25) is 9.67 Å². The zero-order valence-electron chi connectivity index (χ0n) is 9.52. The van der Waals surface area contributed by atoms with E-state index < -0.39 is 0 Å². The Balaban J connectivity index is 2.45. The molecule has 16 heavy (non-hydrogen) atoms. The fourth-order valence-electron chi connectivity index (χ4n) is 1.47. The molecular formula is C10H14N4OS. The van der Waals surface area contributed by atoms with Crippen LogP contribution in [0.1, 0.15) is 20.8 Å². The van der Waals surface area contributed by atoms with Crippen LogP contribution < -0.4 is 0 Å². The second-order valence-corrected chi connectivity index (χ2v) is 5.30. The minimum Gasteiger partial charge on any atom is -0.364 e. The predicted molar refractivity (Wildman–Crippen MR) is 62.4 cm³/mol. The number of aromatic amines is 1. The maximum Gasteiger partial charge on any atom is 0.195 e. The molecule has 0 bridgehead atoms. The van der Waals surface area contributed by atoms with Gasteiger partial charge in [0.25, 0.3) is 0 Å². The summed E-state index contributed by atoms with van der Waals surface area (Å²) in [6.45, 7) is 7.25. The van der Waals surface area contributed by atoms with Crippen molar-refractivity contribution >= 4 is 12.2 Å². The van der Waals surface area contributed by atoms with Gasteiger partial charge in [-0.15, -0.1) is 0 Å². The third-order valence-corrected chi connectivity index (χ3v) is 2.39. The van der Waals surface area contributed by atoms with Crippen LogP contribution in [0.4, 0.5) is 0 Å². The van der Waals surface area contributed by atoms with E-state index in [4.69, 9.17) is 16.7 Å². The van der Waals surface area contributed by atoms with E-state index in [0.717, 1.165) is 17.9 Å². The Labute approximate surface area is 98.5 Å². The Morgan fingerprint density at radius 1 is 1.50 bits per heavy atom. The normalized spacial score (nSPS) is 11.9. The summed E-state index contributed by atoms with van der Waals surface area (Å²) >= 11 is 5.21. The van der Waals surface area contributed by atoms with Crippen LogP contribution in [-0.2, 0) is 6.54 Å². The highest BCUT2D eigenvalue weighted by Gasteiger charge is 2.17. The molecule has 0 amide bonds. The smallest absolute Gasteiger partial charge is 0.195 e. The van der Waals surface area contributed by atoms with Crippen LogP contribution in [0, 0.1) is 10.2 Å². The number of hydrogen-bond donors (Lipinski definition) is 1. The molecule has 6 heteroatoms. The van der Waals surface area contributed by atoms with Crippen molar-refractivity contribution in [3.8, 4) is 11.4 Å². The molecule has 2 aromatic heterocycles. The Bertz CT molecular complexity index is 518. The zero-order valence-corrected chi connectivity index (χ0v) is 10.3. The molecule has 0 spiro atoms. The van der Waals surface area contributed by atoms with E-state index in [2.05, 4.69) is 36.1 Å². The Kier molecular flexibility index (Phi) is 2.67. The standard InChI is InChI=1S/C10H14N4OS/c1-10(2,3)6-14-8(12-13-9(14)16)7-4-11-15-5-7/h4-5H,6H2,1-3H3,(H,13,16). The topological polar surface area (TPSA) is 59.6 Å². The third-order valence-electron chi connectivity index (χ3n) is 2.08. The Hall–Kier alpha value is -1.43. The van der Waals surface area contributed by atoms with E-state index in [9.17, 15) is 0 Å². The molecule has 2 aromatic rings. The monoisotopic (exact) mass is 238 g/mol. The first-order valence-electron chi connectivity index (χ1n) is 5.02. The van der Waals surface area contributed by atoms with Crippen molar-refractivity contribution in [1.29, 1.82) is 0 Å². The minimum atomic E-state index is 0.133. The van der Waals surface area contributed by atoms with Crippen molar-refractivity contribution in [1.82, 2.24) is 19.9 Å². The highest BCUT2D eigenvalue weighted by atomic mass is 32.1. The van der Waals surface area contributed by atoms with Crippen LogP contribution >= 0.6 is 12.2 Å². The average Bonchev–Trinajstić information content (AvgIpc) is 2.75. The van der Waals surface area contributed by atoms with Gasteiger partial charge in [0.2, 0.25) is 0 Å². The molecule has 0 saturated heterocycles. The van der Waals surface area contributed by atoms with Gasteiger partial charge in [0, 0.05) is 6.54 Å². The summed E-state index contributed by atoms with van der Waals surface area (Å²) in [5.74, 6) is 0.765. The van der Waals surface area contributed by atoms with Gasteiger partial charge in [-0.1, -0.05) is 25.9 Å². The van der Waals surface area contributed by atoms with E-state index in [0.29, 0.717) is 4.77 Å². The van der Waals surface area contributed by atoms with E-state index >= 15 is 0 Å². The summed E-state index contributed by atoms with van der Waals surface area (Å²) in [5.41, 5.74) is 0.963. The lowest BCUT2D eigenvalue weighted by Gasteiger charge is -2.19. The summed E-state index contributed by atoms with van der Waals surface area (Å²) in [5, 5.41) is 10.7. The molecule has 0 atom stereocenters. The van der Waals surface area contributed by atoms with Crippen LogP contribution in [0.3, 0.4) is 0 Å². The van der Waals surface area contributed by atoms with Crippen molar-refractivity contribution in [3.63, 3.8) is 0 Å². The highest BCUT2D eigenvalue weighted by molar-refractivity contribution is 7.71. The first-order chi connectivity index (χ1) is 7.47. The van der Waals surface area contributed by atoms with Gasteiger partial charge in [-0.2, -0.15) is 5.10 Å². The van der Waals surface area contributed by atoms with Crippen LogP contribution in [0.25, 0.3) is 11.4 Å². The molecule has 2 rings (SSSR count). The molecule has 86 valence electrons. The molecule has 0 unspecified atom stereocenters. The number of H-pyrrole nitrogens is 1. The molecule has 0 aliphatic carbocycles. The lowest BCUT2D eigenvalue weighted by molar-refractivity contribution is 0.343. The summed E-state index contributed by atoms with van der Waals surface area (Å²) in [6, 6.07) is 0. The summed E-state index contributed by atoms with van der Waals surface area (Å²) in [7, 11) is 0. The fraction of sp³-hybridized carbons (Fsp3) is 0.500. The van der Waals surface area contributed by atoms with Gasteiger partial charge in [0.1, 0.15) is 6.26 Å². The number of nitrogens with one attached hydrogen (secondary N) is 1. The van der Waals surface area contributed by atoms with Gasteiger partial charge >= 0.3 is 0 Å². The van der Waals surface area contributed by atoms with Crippen LogP contribution in [0.15, 0.2) is 17.0 Å². The lowest BCUT2D eigenvalue weighted by atomic mass is 9.97. The first kappa shape index (κ1) is 11.1. The van der Waals surface area contributed by atoms with E-state index in [-0.39, 0.29) is 5.41 Å². The molecule has 0 radical (unpaired) electrons. The van der Waals surface area contributed by atoms with Crippen LogP contribution in [0.2, 0.25) is 0 Å². The molecule has 0 aliphatic rings. The zero-order chi connectivity index (χ0) is 11.8. The molecule has 2 heterocycles. The van der Waals surface area contributed by atoms with Crippen molar-refractivity contribution in [2.24, 2.45) is 5.41 Å². The van der Waals surface area contributed by atoms with Crippen LogP contribution in [0.5, 0.6) is 0 Å². The Morgan fingerprint density at radius 3 is 2.81 bits per heavy atom. The van der Waals surface area contributed by atoms with Gasteiger partial charge in [0.15, 0.2) is 10.6 Å². The molecule has 1 N–H and O–H groups in total. The third kappa shape index (κ3) is 2.21. The average molecular weight is 238 g/mol. The molecule has 5 nitrogen and oxygen atoms in total. The van der Waals surface area contributed by atoms with Gasteiger partial charge in [-0.25, -0.2) is 0 Å². The van der Waals surface area contributed by atoms with Crippen molar-refractivity contribution in [3.05, 3.63) is 17.2 Å². The SMILES string of the molecule is CC(C)(C)Cn1c(-c2cnoc2)n[nH]c1=S. The maximum absolute atomic E-state index is 5.21. The summed E-state index contributed by atoms with van der Waals surface area (Å²) in [6.07, 6.45) is 3.19. The molecule has 0 saturated carbocycles. The van der Waals surface area contributed by atoms with Crippen LogP contribution in [-0.4, -0.2) is 19.9 Å². The lowest BCUT2D eigenvalue weighted by Crippen LogP contribution is -2.16. The van der Waals surface area contributed by atoms with Gasteiger partial charge in [0.05, 0.1) is 11.8 Å². The highest BCUT2D eigenvalue weighted by Crippen LogP contribution is 2.22. The molecule has 0 fully saturated rings.